The van der Waals surface area contributed by atoms with Crippen molar-refractivity contribution in [3.8, 4) is 23.0 Å². The number of carboxylic acids is 1. The number of aliphatic carboxylic acids is 1. The Bertz CT molecular complexity index is 1160. The maximum absolute atomic E-state index is 12.0. The van der Waals surface area contributed by atoms with Gasteiger partial charge in [0.25, 0.3) is 0 Å². The topological polar surface area (TPSA) is 91.3 Å². The number of carboxylic acid groups (broad SMARTS) is 1. The molecule has 0 fully saturated rings. The molecular weight excluding hydrogens is 448 g/mol. The Kier molecular flexibility index (Phi) is 8.89. The largest absolute Gasteiger partial charge is 0.497 e. The average molecular weight is 477 g/mol. The molecule has 0 radical (unpaired) electrons. The zero-order chi connectivity index (χ0) is 25.2. The normalized spacial score (nSPS) is 11.0. The van der Waals surface area contributed by atoms with Gasteiger partial charge in [0.05, 0.1) is 26.4 Å². The van der Waals surface area contributed by atoms with E-state index in [1.54, 1.807) is 55.5 Å². The second-order valence-electron chi connectivity index (χ2n) is 7.58. The van der Waals surface area contributed by atoms with E-state index in [1.807, 2.05) is 24.3 Å². The first-order chi connectivity index (χ1) is 16.9. The van der Waals surface area contributed by atoms with E-state index >= 15 is 0 Å². The molecule has 0 unspecified atom stereocenters. The highest BCUT2D eigenvalue weighted by atomic mass is 16.5. The third kappa shape index (κ3) is 7.37. The van der Waals surface area contributed by atoms with Gasteiger partial charge in [-0.1, -0.05) is 24.3 Å². The average Bonchev–Trinajstić information content (AvgIpc) is 2.87. The van der Waals surface area contributed by atoms with Gasteiger partial charge in [-0.3, -0.25) is 4.79 Å². The summed E-state index contributed by atoms with van der Waals surface area (Å²) < 4.78 is 21.4. The minimum Gasteiger partial charge on any atom is -0.497 e. The molecule has 3 rings (SSSR count). The van der Waals surface area contributed by atoms with Crippen molar-refractivity contribution in [3.05, 3.63) is 83.4 Å². The molecule has 0 spiro atoms. The van der Waals surface area contributed by atoms with E-state index in [9.17, 15) is 14.7 Å². The highest BCUT2D eigenvalue weighted by molar-refractivity contribution is 6.20. The van der Waals surface area contributed by atoms with Gasteiger partial charge in [-0.2, -0.15) is 0 Å². The summed E-state index contributed by atoms with van der Waals surface area (Å²) in [4.78, 5) is 23.5. The Morgan fingerprint density at radius 2 is 1.40 bits per heavy atom. The summed E-state index contributed by atoms with van der Waals surface area (Å²) in [7, 11) is 3.08. The first kappa shape index (κ1) is 25.4. The smallest absolute Gasteiger partial charge is 0.336 e. The number of ether oxygens (including phenoxy) is 4. The Labute approximate surface area is 204 Å². The zero-order valence-electron chi connectivity index (χ0n) is 19.9. The van der Waals surface area contributed by atoms with Crippen LogP contribution in [0, 0.1) is 0 Å². The molecule has 0 saturated heterocycles. The predicted molar refractivity (Wildman–Crippen MR) is 133 cm³/mol. The number of benzene rings is 3. The Morgan fingerprint density at radius 1 is 0.829 bits per heavy atom. The molecule has 0 amide bonds. The standard InChI is InChI=1S/C28H28O7/c1-4-34-27(29)14-7-19-5-10-22(11-6-19)35-23-12-8-21(9-13-23)26(28(30)31)17-20-15-24(32-2)18-25(16-20)33-3/h5-6,8-13,15-18H,4,7,14H2,1-3H3,(H,30,31). The summed E-state index contributed by atoms with van der Waals surface area (Å²) in [5.41, 5.74) is 2.30. The molecule has 7 nitrogen and oxygen atoms in total. The van der Waals surface area contributed by atoms with E-state index in [2.05, 4.69) is 0 Å². The first-order valence-corrected chi connectivity index (χ1v) is 11.1. The number of hydrogen-bond acceptors (Lipinski definition) is 6. The number of carbonyl (C=O) groups is 2. The Hall–Kier alpha value is -4.26. The lowest BCUT2D eigenvalue weighted by molar-refractivity contribution is -0.143. The molecule has 0 aliphatic carbocycles. The fraction of sp³-hybridized carbons (Fsp3) is 0.214. The summed E-state index contributed by atoms with van der Waals surface area (Å²) in [5.74, 6) is 1.06. The molecule has 35 heavy (non-hydrogen) atoms. The molecule has 0 bridgehead atoms. The molecule has 0 aliphatic rings. The van der Waals surface area contributed by atoms with E-state index < -0.39 is 5.97 Å². The van der Waals surface area contributed by atoms with Crippen molar-refractivity contribution >= 4 is 23.6 Å². The number of methoxy groups -OCH3 is 2. The van der Waals surface area contributed by atoms with Crippen LogP contribution in [-0.4, -0.2) is 37.9 Å². The SMILES string of the molecule is CCOC(=O)CCc1ccc(Oc2ccc(C(=Cc3cc(OC)cc(OC)c3)C(=O)O)cc2)cc1. The van der Waals surface area contributed by atoms with E-state index in [0.29, 0.717) is 53.6 Å². The number of carbonyl (C=O) groups excluding carboxylic acids is 1. The first-order valence-electron chi connectivity index (χ1n) is 11.1. The zero-order valence-corrected chi connectivity index (χ0v) is 19.9. The van der Waals surface area contributed by atoms with Gasteiger partial charge in [0.15, 0.2) is 0 Å². The lowest BCUT2D eigenvalue weighted by Crippen LogP contribution is -2.05. The molecule has 0 aliphatic heterocycles. The van der Waals surface area contributed by atoms with Crippen molar-refractivity contribution in [2.24, 2.45) is 0 Å². The van der Waals surface area contributed by atoms with Crippen LogP contribution in [0.3, 0.4) is 0 Å². The quantitative estimate of drug-likeness (QED) is 0.218. The van der Waals surface area contributed by atoms with E-state index in [4.69, 9.17) is 18.9 Å². The van der Waals surface area contributed by atoms with Crippen LogP contribution in [0.2, 0.25) is 0 Å². The Balaban J connectivity index is 1.72. The lowest BCUT2D eigenvalue weighted by atomic mass is 10.0. The van der Waals surface area contributed by atoms with Crippen LogP contribution >= 0.6 is 0 Å². The number of aryl methyl sites for hydroxylation is 1. The van der Waals surface area contributed by atoms with Crippen LogP contribution in [0.1, 0.15) is 30.0 Å². The van der Waals surface area contributed by atoms with E-state index in [0.717, 1.165) is 5.56 Å². The van der Waals surface area contributed by atoms with Crippen LogP contribution in [-0.2, 0) is 20.7 Å². The Morgan fingerprint density at radius 3 is 1.91 bits per heavy atom. The second kappa shape index (κ2) is 12.3. The summed E-state index contributed by atoms with van der Waals surface area (Å²) in [6, 6.07) is 19.5. The highest BCUT2D eigenvalue weighted by Gasteiger charge is 2.12. The molecule has 3 aromatic rings. The monoisotopic (exact) mass is 476 g/mol. The third-order valence-corrected chi connectivity index (χ3v) is 5.16. The van der Waals surface area contributed by atoms with E-state index in [-0.39, 0.29) is 11.5 Å². The van der Waals surface area contributed by atoms with Gasteiger partial charge in [0.1, 0.15) is 23.0 Å². The lowest BCUT2D eigenvalue weighted by Gasteiger charge is -2.10. The van der Waals surface area contributed by atoms with Crippen molar-refractivity contribution < 1.29 is 33.6 Å². The van der Waals surface area contributed by atoms with Gasteiger partial charge in [-0.15, -0.1) is 0 Å². The van der Waals surface area contributed by atoms with E-state index in [1.165, 1.54) is 14.2 Å². The molecule has 0 saturated carbocycles. The molecule has 0 atom stereocenters. The van der Waals surface area contributed by atoms with Crippen molar-refractivity contribution in [3.63, 3.8) is 0 Å². The maximum atomic E-state index is 12.0. The number of hydrogen-bond donors (Lipinski definition) is 1. The minimum absolute atomic E-state index is 0.123. The molecular formula is C28H28O7. The van der Waals surface area contributed by atoms with Crippen LogP contribution in [0.25, 0.3) is 11.6 Å². The number of esters is 1. The fourth-order valence-corrected chi connectivity index (χ4v) is 3.39. The van der Waals surface area contributed by atoms with Crippen LogP contribution in [0.5, 0.6) is 23.0 Å². The van der Waals surface area contributed by atoms with Gasteiger partial charge in [0.2, 0.25) is 0 Å². The molecule has 7 heteroatoms. The van der Waals surface area contributed by atoms with Crippen molar-refractivity contribution in [2.45, 2.75) is 19.8 Å². The molecule has 0 aromatic heterocycles. The van der Waals surface area contributed by atoms with Crippen molar-refractivity contribution in [1.29, 1.82) is 0 Å². The highest BCUT2D eigenvalue weighted by Crippen LogP contribution is 2.28. The summed E-state index contributed by atoms with van der Waals surface area (Å²) in [6.45, 7) is 2.16. The fourth-order valence-electron chi connectivity index (χ4n) is 3.39. The molecule has 182 valence electrons. The minimum atomic E-state index is -1.06. The van der Waals surface area contributed by atoms with Gasteiger partial charge < -0.3 is 24.1 Å². The third-order valence-electron chi connectivity index (χ3n) is 5.16. The van der Waals surface area contributed by atoms with Gasteiger partial charge in [-0.25, -0.2) is 4.79 Å². The van der Waals surface area contributed by atoms with Crippen molar-refractivity contribution in [1.82, 2.24) is 0 Å². The second-order valence-corrected chi connectivity index (χ2v) is 7.58. The molecule has 1 N–H and O–H groups in total. The van der Waals surface area contributed by atoms with Crippen LogP contribution < -0.4 is 14.2 Å². The predicted octanol–water partition coefficient (Wildman–Crippen LogP) is 5.62. The molecule has 0 heterocycles. The molecule has 3 aromatic carbocycles. The van der Waals surface area contributed by atoms with Gasteiger partial charge in [0, 0.05) is 12.5 Å². The maximum Gasteiger partial charge on any atom is 0.336 e. The van der Waals surface area contributed by atoms with Crippen LogP contribution in [0.15, 0.2) is 66.7 Å². The van der Waals surface area contributed by atoms with Gasteiger partial charge in [-0.05, 0) is 72.5 Å². The summed E-state index contributed by atoms with van der Waals surface area (Å²) in [6.07, 6.45) is 2.49. The summed E-state index contributed by atoms with van der Waals surface area (Å²) >= 11 is 0. The van der Waals surface area contributed by atoms with Crippen LogP contribution in [0.4, 0.5) is 0 Å². The number of rotatable bonds is 11. The van der Waals surface area contributed by atoms with Gasteiger partial charge >= 0.3 is 11.9 Å². The van der Waals surface area contributed by atoms with Crippen molar-refractivity contribution in [2.75, 3.05) is 20.8 Å². The summed E-state index contributed by atoms with van der Waals surface area (Å²) in [5, 5.41) is 9.79.